The summed E-state index contributed by atoms with van der Waals surface area (Å²) < 4.78 is 0. The zero-order chi connectivity index (χ0) is 9.71. The lowest BCUT2D eigenvalue weighted by molar-refractivity contribution is 0.513. The van der Waals surface area contributed by atoms with E-state index >= 15 is 0 Å². The molecule has 2 fully saturated rings. The highest BCUT2D eigenvalue weighted by molar-refractivity contribution is 5.32. The highest BCUT2D eigenvalue weighted by atomic mass is 14.6. The second-order valence-electron chi connectivity index (χ2n) is 5.34. The zero-order valence-corrected chi connectivity index (χ0v) is 9.03. The summed E-state index contributed by atoms with van der Waals surface area (Å²) in [6, 6.07) is 9.19. The molecule has 14 heavy (non-hydrogen) atoms. The van der Waals surface area contributed by atoms with Gasteiger partial charge in [-0.25, -0.2) is 0 Å². The van der Waals surface area contributed by atoms with E-state index in [0.717, 1.165) is 23.7 Å². The third-order valence-corrected chi connectivity index (χ3v) is 4.14. The van der Waals surface area contributed by atoms with Crippen LogP contribution in [0.5, 0.6) is 0 Å². The highest BCUT2D eigenvalue weighted by Gasteiger charge is 2.55. The monoisotopic (exact) mass is 186 g/mol. The molecule has 0 saturated heterocycles. The summed E-state index contributed by atoms with van der Waals surface area (Å²) >= 11 is 0. The van der Waals surface area contributed by atoms with Gasteiger partial charge in [-0.3, -0.25) is 0 Å². The van der Waals surface area contributed by atoms with Crippen molar-refractivity contribution in [3.63, 3.8) is 0 Å². The van der Waals surface area contributed by atoms with Gasteiger partial charge in [-0.15, -0.1) is 0 Å². The van der Waals surface area contributed by atoms with Crippen molar-refractivity contribution in [2.75, 3.05) is 0 Å². The van der Waals surface area contributed by atoms with Crippen LogP contribution in [0.4, 0.5) is 0 Å². The van der Waals surface area contributed by atoms with E-state index in [0.29, 0.717) is 0 Å². The maximum atomic E-state index is 2.40. The van der Waals surface area contributed by atoms with Gasteiger partial charge in [0.2, 0.25) is 0 Å². The van der Waals surface area contributed by atoms with Gasteiger partial charge in [0, 0.05) is 0 Å². The largest absolute Gasteiger partial charge is 0.0625 e. The van der Waals surface area contributed by atoms with Gasteiger partial charge >= 0.3 is 0 Å². The first-order valence-corrected chi connectivity index (χ1v) is 5.82. The molecule has 1 aromatic rings. The van der Waals surface area contributed by atoms with Gasteiger partial charge < -0.3 is 0 Å². The minimum Gasteiger partial charge on any atom is -0.0625 e. The molecule has 0 heterocycles. The van der Waals surface area contributed by atoms with Crippen molar-refractivity contribution in [1.82, 2.24) is 0 Å². The molecule has 0 nitrogen and oxygen atoms in total. The van der Waals surface area contributed by atoms with Crippen molar-refractivity contribution in [3.05, 3.63) is 35.4 Å². The third kappa shape index (κ3) is 1.20. The van der Waals surface area contributed by atoms with Crippen molar-refractivity contribution in [1.29, 1.82) is 0 Å². The van der Waals surface area contributed by atoms with E-state index in [1.54, 1.807) is 5.56 Å². The standard InChI is InChI=1S/C14H18/c1-9-3-5-11(6-4-9)14-12-7-10(2)8-13(12)14/h3-6,10,12-14H,7-8H2,1-2H3. The van der Waals surface area contributed by atoms with Gasteiger partial charge in [-0.05, 0) is 49.0 Å². The lowest BCUT2D eigenvalue weighted by Gasteiger charge is -2.08. The van der Waals surface area contributed by atoms with Crippen molar-refractivity contribution < 1.29 is 0 Å². The molecule has 74 valence electrons. The van der Waals surface area contributed by atoms with Crippen molar-refractivity contribution in [2.24, 2.45) is 17.8 Å². The molecule has 0 spiro atoms. The quantitative estimate of drug-likeness (QED) is 0.626. The van der Waals surface area contributed by atoms with Gasteiger partial charge in [0.05, 0.1) is 0 Å². The van der Waals surface area contributed by atoms with Crippen LogP contribution < -0.4 is 0 Å². The zero-order valence-electron chi connectivity index (χ0n) is 9.03. The summed E-state index contributed by atoms with van der Waals surface area (Å²) in [6.07, 6.45) is 2.95. The van der Waals surface area contributed by atoms with Crippen LogP contribution in [0.25, 0.3) is 0 Å². The molecule has 0 amide bonds. The molecule has 2 aliphatic carbocycles. The summed E-state index contributed by atoms with van der Waals surface area (Å²) in [6.45, 7) is 4.57. The highest BCUT2D eigenvalue weighted by Crippen LogP contribution is 2.64. The predicted octanol–water partition coefficient (Wildman–Crippen LogP) is 3.75. The lowest BCUT2D eigenvalue weighted by atomic mass is 9.97. The van der Waals surface area contributed by atoms with Crippen LogP contribution in [0.2, 0.25) is 0 Å². The van der Waals surface area contributed by atoms with E-state index in [1.807, 2.05) is 0 Å². The SMILES string of the molecule is Cc1ccc(C2C3CC(C)CC32)cc1. The van der Waals surface area contributed by atoms with Gasteiger partial charge in [0.15, 0.2) is 0 Å². The number of hydrogen-bond donors (Lipinski definition) is 0. The van der Waals surface area contributed by atoms with E-state index in [2.05, 4.69) is 38.1 Å². The number of hydrogen-bond acceptors (Lipinski definition) is 0. The number of rotatable bonds is 1. The van der Waals surface area contributed by atoms with Gasteiger partial charge in [-0.2, -0.15) is 0 Å². The van der Waals surface area contributed by atoms with E-state index < -0.39 is 0 Å². The molecule has 0 aromatic heterocycles. The van der Waals surface area contributed by atoms with Crippen LogP contribution >= 0.6 is 0 Å². The molecular weight excluding hydrogens is 168 g/mol. The van der Waals surface area contributed by atoms with Crippen LogP contribution in [-0.2, 0) is 0 Å². The van der Waals surface area contributed by atoms with E-state index in [-0.39, 0.29) is 0 Å². The van der Waals surface area contributed by atoms with Crippen molar-refractivity contribution >= 4 is 0 Å². The van der Waals surface area contributed by atoms with Gasteiger partial charge in [0.1, 0.15) is 0 Å². The Morgan fingerprint density at radius 2 is 1.57 bits per heavy atom. The molecule has 3 rings (SSSR count). The molecule has 2 saturated carbocycles. The van der Waals surface area contributed by atoms with E-state index in [1.165, 1.54) is 18.4 Å². The normalized spacial score (nSPS) is 39.6. The summed E-state index contributed by atoms with van der Waals surface area (Å²) in [5.41, 5.74) is 2.98. The fraction of sp³-hybridized carbons (Fsp3) is 0.571. The van der Waals surface area contributed by atoms with Crippen LogP contribution in [0, 0.1) is 24.7 Å². The molecule has 0 heteroatoms. The molecule has 0 N–H and O–H groups in total. The average Bonchev–Trinajstić information content (AvgIpc) is 2.68. The first-order chi connectivity index (χ1) is 6.75. The molecule has 2 aliphatic rings. The second kappa shape index (κ2) is 2.85. The maximum Gasteiger partial charge on any atom is -0.00993 e. The average molecular weight is 186 g/mol. The van der Waals surface area contributed by atoms with Gasteiger partial charge in [0.25, 0.3) is 0 Å². The number of fused-ring (bicyclic) bond motifs is 1. The Bertz CT molecular complexity index is 324. The lowest BCUT2D eigenvalue weighted by Crippen LogP contribution is -1.95. The second-order valence-corrected chi connectivity index (χ2v) is 5.34. The number of aryl methyl sites for hydroxylation is 1. The Morgan fingerprint density at radius 3 is 2.14 bits per heavy atom. The molecule has 0 radical (unpaired) electrons. The first-order valence-electron chi connectivity index (χ1n) is 5.82. The fourth-order valence-corrected chi connectivity index (χ4v) is 3.40. The third-order valence-electron chi connectivity index (χ3n) is 4.14. The molecule has 1 aromatic carbocycles. The van der Waals surface area contributed by atoms with Crippen molar-refractivity contribution in [2.45, 2.75) is 32.6 Å². The summed E-state index contributed by atoms with van der Waals surface area (Å²) in [7, 11) is 0. The Morgan fingerprint density at radius 1 is 1.00 bits per heavy atom. The topological polar surface area (TPSA) is 0 Å². The Kier molecular flexibility index (Phi) is 1.74. The maximum absolute atomic E-state index is 2.40. The minimum atomic E-state index is 0.923. The Labute approximate surface area is 86.3 Å². The summed E-state index contributed by atoms with van der Waals surface area (Å²) in [5, 5.41) is 0. The van der Waals surface area contributed by atoms with Crippen LogP contribution in [0.1, 0.15) is 36.8 Å². The Balaban J connectivity index is 1.78. The predicted molar refractivity (Wildman–Crippen MR) is 59.3 cm³/mol. The Hall–Kier alpha value is -0.780. The summed E-state index contributed by atoms with van der Waals surface area (Å²) in [5.74, 6) is 3.99. The molecule has 0 bridgehead atoms. The van der Waals surface area contributed by atoms with Crippen LogP contribution in [0.15, 0.2) is 24.3 Å². The van der Waals surface area contributed by atoms with Crippen LogP contribution in [-0.4, -0.2) is 0 Å². The minimum absolute atomic E-state index is 0.923. The van der Waals surface area contributed by atoms with Gasteiger partial charge in [-0.1, -0.05) is 36.8 Å². The van der Waals surface area contributed by atoms with Crippen LogP contribution in [0.3, 0.4) is 0 Å². The smallest absolute Gasteiger partial charge is 0.00993 e. The van der Waals surface area contributed by atoms with E-state index in [9.17, 15) is 0 Å². The molecule has 2 atom stereocenters. The molecular formula is C14H18. The molecule has 2 unspecified atom stereocenters. The molecule has 0 aliphatic heterocycles. The van der Waals surface area contributed by atoms with Crippen molar-refractivity contribution in [3.8, 4) is 0 Å². The fourth-order valence-electron chi connectivity index (χ4n) is 3.40. The van der Waals surface area contributed by atoms with E-state index in [4.69, 9.17) is 0 Å². The first kappa shape index (κ1) is 8.52. The number of benzene rings is 1. The summed E-state index contributed by atoms with van der Waals surface area (Å²) in [4.78, 5) is 0.